The lowest BCUT2D eigenvalue weighted by molar-refractivity contribution is 0.461. The van der Waals surface area contributed by atoms with Crippen molar-refractivity contribution in [2.75, 3.05) is 24.7 Å². The molecule has 1 aromatic carbocycles. The third kappa shape index (κ3) is 3.69. The zero-order chi connectivity index (χ0) is 21.4. The van der Waals surface area contributed by atoms with E-state index in [1.165, 1.54) is 24.8 Å². The summed E-state index contributed by atoms with van der Waals surface area (Å²) < 4.78 is 16.3. The third-order valence-corrected chi connectivity index (χ3v) is 6.57. The van der Waals surface area contributed by atoms with Gasteiger partial charge >= 0.3 is 0 Å². The van der Waals surface area contributed by atoms with Crippen molar-refractivity contribution in [3.63, 3.8) is 0 Å². The first kappa shape index (κ1) is 19.7. The van der Waals surface area contributed by atoms with E-state index in [4.69, 9.17) is 0 Å². The van der Waals surface area contributed by atoms with Crippen LogP contribution >= 0.6 is 0 Å². The van der Waals surface area contributed by atoms with Gasteiger partial charge < -0.3 is 15.2 Å². The lowest BCUT2D eigenvalue weighted by Gasteiger charge is -2.15. The number of aryl methyl sites for hydroxylation is 1. The molecule has 0 amide bonds. The van der Waals surface area contributed by atoms with Gasteiger partial charge in [0.05, 0.1) is 10.9 Å². The van der Waals surface area contributed by atoms with E-state index in [1.54, 1.807) is 19.4 Å². The summed E-state index contributed by atoms with van der Waals surface area (Å²) in [5.74, 6) is 1.55. The number of halogens is 1. The van der Waals surface area contributed by atoms with E-state index < -0.39 is 0 Å². The predicted molar refractivity (Wildman–Crippen MR) is 123 cm³/mol. The van der Waals surface area contributed by atoms with Crippen LogP contribution in [0.2, 0.25) is 0 Å². The zero-order valence-corrected chi connectivity index (χ0v) is 17.9. The van der Waals surface area contributed by atoms with E-state index in [0.717, 1.165) is 40.6 Å². The maximum absolute atomic E-state index is 13.9. The van der Waals surface area contributed by atoms with E-state index in [0.29, 0.717) is 17.8 Å². The van der Waals surface area contributed by atoms with Gasteiger partial charge in [-0.3, -0.25) is 0 Å². The van der Waals surface area contributed by atoms with Gasteiger partial charge in [-0.15, -0.1) is 0 Å². The maximum atomic E-state index is 13.9. The summed E-state index contributed by atoms with van der Waals surface area (Å²) in [7, 11) is 3.58. The molecule has 3 aromatic heterocycles. The number of fused-ring (bicyclic) bond motifs is 2. The molecular formula is C24H27FN6. The van der Waals surface area contributed by atoms with E-state index in [9.17, 15) is 4.39 Å². The number of benzene rings is 1. The van der Waals surface area contributed by atoms with Crippen molar-refractivity contribution in [3.8, 4) is 0 Å². The van der Waals surface area contributed by atoms with E-state index in [-0.39, 0.29) is 5.82 Å². The van der Waals surface area contributed by atoms with Gasteiger partial charge in [0, 0.05) is 31.7 Å². The summed E-state index contributed by atoms with van der Waals surface area (Å²) in [5, 5.41) is 7.88. The smallest absolute Gasteiger partial charge is 0.166 e. The predicted octanol–water partition coefficient (Wildman–Crippen LogP) is 5.18. The van der Waals surface area contributed by atoms with Crippen molar-refractivity contribution >= 4 is 33.6 Å². The lowest BCUT2D eigenvalue weighted by Crippen LogP contribution is -2.06. The minimum Gasteiger partial charge on any atom is -0.372 e. The monoisotopic (exact) mass is 418 g/mol. The SMILES string of the molecule is CNc1nc2cc(CCC3CCC(n4ccc5c(NC)ncnc54)C3)ccc2cc1F. The van der Waals surface area contributed by atoms with Gasteiger partial charge in [-0.25, -0.2) is 19.3 Å². The second kappa shape index (κ2) is 8.13. The molecule has 1 saturated carbocycles. The Labute approximate surface area is 180 Å². The number of aromatic nitrogens is 4. The highest BCUT2D eigenvalue weighted by molar-refractivity contribution is 5.87. The van der Waals surface area contributed by atoms with Crippen LogP contribution in [0.3, 0.4) is 0 Å². The fourth-order valence-electron chi connectivity index (χ4n) is 4.92. The normalized spacial score (nSPS) is 18.7. The van der Waals surface area contributed by atoms with Crippen molar-refractivity contribution in [2.45, 2.75) is 38.1 Å². The number of nitrogens with zero attached hydrogens (tertiary/aromatic N) is 4. The highest BCUT2D eigenvalue weighted by atomic mass is 19.1. The van der Waals surface area contributed by atoms with E-state index >= 15 is 0 Å². The van der Waals surface area contributed by atoms with Crippen LogP contribution in [0.25, 0.3) is 21.9 Å². The van der Waals surface area contributed by atoms with Gasteiger partial charge in [0.1, 0.15) is 17.8 Å². The molecule has 7 heteroatoms. The van der Waals surface area contributed by atoms with Crippen molar-refractivity contribution in [3.05, 3.63) is 54.2 Å². The summed E-state index contributed by atoms with van der Waals surface area (Å²) in [4.78, 5) is 13.3. The van der Waals surface area contributed by atoms with Gasteiger partial charge in [0.15, 0.2) is 11.6 Å². The van der Waals surface area contributed by atoms with E-state index in [1.807, 2.05) is 13.1 Å². The van der Waals surface area contributed by atoms with Crippen LogP contribution < -0.4 is 10.6 Å². The van der Waals surface area contributed by atoms with Crippen LogP contribution in [0.4, 0.5) is 16.0 Å². The van der Waals surface area contributed by atoms with Crippen molar-refractivity contribution in [1.29, 1.82) is 0 Å². The third-order valence-electron chi connectivity index (χ3n) is 6.57. The Morgan fingerprint density at radius 1 is 1.06 bits per heavy atom. The van der Waals surface area contributed by atoms with Crippen molar-refractivity contribution in [1.82, 2.24) is 19.5 Å². The average Bonchev–Trinajstić information content (AvgIpc) is 3.43. The Morgan fingerprint density at radius 3 is 2.77 bits per heavy atom. The second-order valence-electron chi connectivity index (χ2n) is 8.40. The van der Waals surface area contributed by atoms with Crippen LogP contribution in [0.15, 0.2) is 42.9 Å². The summed E-state index contributed by atoms with van der Waals surface area (Å²) in [5.41, 5.74) is 3.11. The minimum absolute atomic E-state index is 0.299. The molecular weight excluding hydrogens is 391 g/mol. The standard InChI is InChI=1S/C24H27FN6/c1-26-22-19-9-10-31(24(19)29-14-28-22)18-8-6-15(11-18)3-4-16-5-7-17-13-20(25)23(27-2)30-21(17)12-16/h5,7,9-10,12-15,18H,3-4,6,8,11H2,1-2H3,(H,27,30)(H,26,28,29). The molecule has 6 nitrogen and oxygen atoms in total. The number of rotatable bonds is 6. The van der Waals surface area contributed by atoms with Gasteiger partial charge in [0.2, 0.25) is 0 Å². The molecule has 1 aliphatic carbocycles. The van der Waals surface area contributed by atoms with E-state index in [2.05, 4.69) is 54.5 Å². The topological polar surface area (TPSA) is 67.7 Å². The molecule has 31 heavy (non-hydrogen) atoms. The van der Waals surface area contributed by atoms with Gasteiger partial charge in [-0.2, -0.15) is 0 Å². The van der Waals surface area contributed by atoms with Crippen molar-refractivity contribution in [2.24, 2.45) is 5.92 Å². The molecule has 0 saturated heterocycles. The summed E-state index contributed by atoms with van der Waals surface area (Å²) in [6.07, 6.45) is 9.53. The second-order valence-corrected chi connectivity index (χ2v) is 8.40. The number of hydrogen-bond donors (Lipinski definition) is 2. The molecule has 0 spiro atoms. The van der Waals surface area contributed by atoms with Crippen LogP contribution in [-0.2, 0) is 6.42 Å². The fourth-order valence-corrected chi connectivity index (χ4v) is 4.92. The maximum Gasteiger partial charge on any atom is 0.166 e. The van der Waals surface area contributed by atoms with Crippen LogP contribution in [0.1, 0.15) is 37.3 Å². The Balaban J connectivity index is 1.27. The molecule has 0 aliphatic heterocycles. The number of anilines is 2. The highest BCUT2D eigenvalue weighted by Gasteiger charge is 2.27. The number of pyridine rings is 1. The number of nitrogens with one attached hydrogen (secondary N) is 2. The molecule has 1 aliphatic rings. The molecule has 160 valence electrons. The van der Waals surface area contributed by atoms with Crippen LogP contribution in [0, 0.1) is 11.7 Å². The van der Waals surface area contributed by atoms with Gasteiger partial charge in [-0.05, 0) is 61.8 Å². The molecule has 2 atom stereocenters. The molecule has 1 fully saturated rings. The Bertz CT molecular complexity index is 1230. The lowest BCUT2D eigenvalue weighted by atomic mass is 9.97. The molecule has 4 aromatic rings. The molecule has 5 rings (SSSR count). The molecule has 2 unspecified atom stereocenters. The van der Waals surface area contributed by atoms with Gasteiger partial charge in [0.25, 0.3) is 0 Å². The quantitative estimate of drug-likeness (QED) is 0.452. The fraction of sp³-hybridized carbons (Fsp3) is 0.375. The van der Waals surface area contributed by atoms with Crippen LogP contribution in [-0.4, -0.2) is 33.6 Å². The number of hydrogen-bond acceptors (Lipinski definition) is 5. The van der Waals surface area contributed by atoms with Crippen LogP contribution in [0.5, 0.6) is 0 Å². The molecule has 3 heterocycles. The zero-order valence-electron chi connectivity index (χ0n) is 17.9. The Morgan fingerprint density at radius 2 is 1.94 bits per heavy atom. The first-order valence-electron chi connectivity index (χ1n) is 10.9. The first-order chi connectivity index (χ1) is 15.2. The highest BCUT2D eigenvalue weighted by Crippen LogP contribution is 2.39. The first-order valence-corrected chi connectivity index (χ1v) is 10.9. The van der Waals surface area contributed by atoms with Gasteiger partial charge in [-0.1, -0.05) is 12.1 Å². The average molecular weight is 419 g/mol. The largest absolute Gasteiger partial charge is 0.372 e. The summed E-state index contributed by atoms with van der Waals surface area (Å²) in [6, 6.07) is 10.3. The summed E-state index contributed by atoms with van der Waals surface area (Å²) >= 11 is 0. The molecule has 0 radical (unpaired) electrons. The molecule has 2 N–H and O–H groups in total. The van der Waals surface area contributed by atoms with Crippen molar-refractivity contribution < 1.29 is 4.39 Å². The minimum atomic E-state index is -0.315. The Hall–Kier alpha value is -3.22. The molecule has 0 bridgehead atoms. The Kier molecular flexibility index (Phi) is 5.18. The summed E-state index contributed by atoms with van der Waals surface area (Å²) in [6.45, 7) is 0.